The highest BCUT2D eigenvalue weighted by atomic mass is 31.2. The number of phosphoric ester groups is 1. The van der Waals surface area contributed by atoms with E-state index in [-0.39, 0.29) is 19.2 Å². The smallest absolute Gasteiger partial charge is 0.463 e. The molecule has 0 aromatic carbocycles. The fourth-order valence-electron chi connectivity index (χ4n) is 2.32. The van der Waals surface area contributed by atoms with Crippen molar-refractivity contribution in [2.24, 2.45) is 0 Å². The molecule has 138 valence electrons. The van der Waals surface area contributed by atoms with E-state index in [2.05, 4.69) is 11.4 Å². The summed E-state index contributed by atoms with van der Waals surface area (Å²) in [5.41, 5.74) is 0. The Morgan fingerprint density at radius 1 is 0.826 bits per heavy atom. The minimum absolute atomic E-state index is 0.123. The van der Waals surface area contributed by atoms with E-state index >= 15 is 0 Å². The molecule has 0 bridgehead atoms. The summed E-state index contributed by atoms with van der Waals surface area (Å²) in [5, 5.41) is 0. The first kappa shape index (κ1) is 22.6. The summed E-state index contributed by atoms with van der Waals surface area (Å²) in [5.74, 6) is -0.338. The lowest BCUT2D eigenvalue weighted by Gasteiger charge is -2.06. The Morgan fingerprint density at radius 2 is 1.30 bits per heavy atom. The molecule has 0 spiro atoms. The van der Waals surface area contributed by atoms with Gasteiger partial charge in [0.25, 0.3) is 0 Å². The molecule has 0 saturated carbocycles. The number of hydrogen-bond donors (Lipinski definition) is 2. The molecule has 0 unspecified atom stereocenters. The third-order valence-corrected chi connectivity index (χ3v) is 4.11. The van der Waals surface area contributed by atoms with E-state index in [0.29, 0.717) is 6.42 Å². The highest BCUT2D eigenvalue weighted by Crippen LogP contribution is 2.35. The molecule has 0 fully saturated rings. The van der Waals surface area contributed by atoms with Crippen LogP contribution in [0.5, 0.6) is 0 Å². The van der Waals surface area contributed by atoms with Gasteiger partial charge in [-0.05, 0) is 6.42 Å². The Bertz CT molecular complexity index is 329. The van der Waals surface area contributed by atoms with E-state index in [1.54, 1.807) is 0 Å². The minimum atomic E-state index is -4.46. The van der Waals surface area contributed by atoms with Gasteiger partial charge < -0.3 is 14.5 Å². The summed E-state index contributed by atoms with van der Waals surface area (Å²) in [6, 6.07) is 0. The number of carbonyl (C=O) groups excluding carboxylic acids is 1. The standard InChI is InChI=1S/C16H33O6P/c1-2-3-4-5-6-7-8-9-10-11-12-13-16(17)21-14-15-22-23(18,19)20/h2-15H2,1H3,(H2,18,19,20). The van der Waals surface area contributed by atoms with E-state index in [1.807, 2.05) is 0 Å². The van der Waals surface area contributed by atoms with Gasteiger partial charge in [-0.15, -0.1) is 0 Å². The SMILES string of the molecule is CCCCCCCCCCCCCC(=O)OCCOP(=O)(O)O. The molecule has 0 aliphatic rings. The molecule has 0 aromatic rings. The molecule has 0 radical (unpaired) electrons. The molecule has 23 heavy (non-hydrogen) atoms. The third kappa shape index (κ3) is 19.5. The molecule has 0 saturated heterocycles. The molecule has 2 N–H and O–H groups in total. The molecule has 0 aliphatic heterocycles. The van der Waals surface area contributed by atoms with Gasteiger partial charge in [0.05, 0.1) is 6.61 Å². The lowest BCUT2D eigenvalue weighted by atomic mass is 10.1. The predicted octanol–water partition coefficient (Wildman–Crippen LogP) is 4.34. The molecule has 0 rings (SSSR count). The number of hydrogen-bond acceptors (Lipinski definition) is 4. The summed E-state index contributed by atoms with van der Waals surface area (Å²) < 4.78 is 19.4. The number of phosphoric acid groups is 1. The maximum atomic E-state index is 11.4. The van der Waals surface area contributed by atoms with Crippen molar-refractivity contribution in [1.29, 1.82) is 0 Å². The van der Waals surface area contributed by atoms with Crippen LogP contribution in [0, 0.1) is 0 Å². The Balaban J connectivity index is 3.22. The molecule has 7 heteroatoms. The van der Waals surface area contributed by atoms with E-state index < -0.39 is 7.82 Å². The van der Waals surface area contributed by atoms with Gasteiger partial charge in [0.2, 0.25) is 0 Å². The number of ether oxygens (including phenoxy) is 1. The average molecular weight is 352 g/mol. The van der Waals surface area contributed by atoms with Crippen LogP contribution in [0.2, 0.25) is 0 Å². The zero-order valence-corrected chi connectivity index (χ0v) is 15.3. The maximum absolute atomic E-state index is 11.4. The largest absolute Gasteiger partial charge is 0.469 e. The monoisotopic (exact) mass is 352 g/mol. The summed E-state index contributed by atoms with van der Waals surface area (Å²) in [6.45, 7) is 1.82. The second-order valence-corrected chi connectivity index (χ2v) is 7.07. The maximum Gasteiger partial charge on any atom is 0.469 e. The van der Waals surface area contributed by atoms with Crippen LogP contribution < -0.4 is 0 Å². The van der Waals surface area contributed by atoms with Crippen molar-refractivity contribution >= 4 is 13.8 Å². The van der Waals surface area contributed by atoms with Crippen molar-refractivity contribution in [3.05, 3.63) is 0 Å². The zero-order chi connectivity index (χ0) is 17.4. The van der Waals surface area contributed by atoms with Crippen molar-refractivity contribution in [3.63, 3.8) is 0 Å². The molecule has 6 nitrogen and oxygen atoms in total. The molecule has 0 atom stereocenters. The van der Waals surface area contributed by atoms with Crippen molar-refractivity contribution < 1.29 is 28.4 Å². The number of rotatable bonds is 16. The third-order valence-electron chi connectivity index (χ3n) is 3.59. The van der Waals surface area contributed by atoms with Crippen molar-refractivity contribution in [2.75, 3.05) is 13.2 Å². The Labute approximate surface area is 140 Å². The Hall–Kier alpha value is -0.420. The predicted molar refractivity (Wildman–Crippen MR) is 90.0 cm³/mol. The number of carbonyl (C=O) groups is 1. The second-order valence-electron chi connectivity index (χ2n) is 5.83. The van der Waals surface area contributed by atoms with E-state index in [9.17, 15) is 9.36 Å². The van der Waals surface area contributed by atoms with E-state index in [4.69, 9.17) is 14.5 Å². The lowest BCUT2D eigenvalue weighted by Crippen LogP contribution is -2.09. The van der Waals surface area contributed by atoms with Gasteiger partial charge in [-0.1, -0.05) is 71.1 Å². The quantitative estimate of drug-likeness (QED) is 0.244. The normalized spacial score (nSPS) is 11.6. The van der Waals surface area contributed by atoms with Crippen LogP contribution in [0.15, 0.2) is 0 Å². The highest BCUT2D eigenvalue weighted by Gasteiger charge is 2.13. The number of esters is 1. The average Bonchev–Trinajstić information content (AvgIpc) is 2.48. The van der Waals surface area contributed by atoms with Gasteiger partial charge in [-0.3, -0.25) is 9.32 Å². The van der Waals surface area contributed by atoms with Crippen LogP contribution in [0.25, 0.3) is 0 Å². The molecule has 0 amide bonds. The van der Waals surface area contributed by atoms with Gasteiger partial charge in [-0.2, -0.15) is 0 Å². The first-order valence-corrected chi connectivity index (χ1v) is 10.3. The van der Waals surface area contributed by atoms with Crippen molar-refractivity contribution in [3.8, 4) is 0 Å². The topological polar surface area (TPSA) is 93.1 Å². The zero-order valence-electron chi connectivity index (χ0n) is 14.4. The summed E-state index contributed by atoms with van der Waals surface area (Å²) in [6.07, 6.45) is 13.8. The van der Waals surface area contributed by atoms with Gasteiger partial charge in [0.15, 0.2) is 0 Å². The van der Waals surface area contributed by atoms with Crippen LogP contribution in [0.4, 0.5) is 0 Å². The molecular formula is C16H33O6P. The fourth-order valence-corrected chi connectivity index (χ4v) is 2.63. The molecule has 0 aliphatic carbocycles. The Kier molecular flexibility index (Phi) is 14.9. The van der Waals surface area contributed by atoms with Crippen molar-refractivity contribution in [1.82, 2.24) is 0 Å². The highest BCUT2D eigenvalue weighted by molar-refractivity contribution is 7.46. The van der Waals surface area contributed by atoms with Gasteiger partial charge in [-0.25, -0.2) is 4.57 Å². The van der Waals surface area contributed by atoms with Gasteiger partial charge in [0.1, 0.15) is 6.61 Å². The molecular weight excluding hydrogens is 319 g/mol. The van der Waals surface area contributed by atoms with Crippen molar-refractivity contribution in [2.45, 2.75) is 84.0 Å². The van der Waals surface area contributed by atoms with Crippen LogP contribution >= 0.6 is 7.82 Å². The lowest BCUT2D eigenvalue weighted by molar-refractivity contribution is -0.144. The van der Waals surface area contributed by atoms with Crippen LogP contribution in [0.3, 0.4) is 0 Å². The summed E-state index contributed by atoms with van der Waals surface area (Å²) >= 11 is 0. The first-order valence-electron chi connectivity index (χ1n) is 8.81. The van der Waals surface area contributed by atoms with Crippen LogP contribution in [-0.4, -0.2) is 29.0 Å². The number of unbranched alkanes of at least 4 members (excludes halogenated alkanes) is 10. The van der Waals surface area contributed by atoms with E-state index in [1.165, 1.54) is 51.4 Å². The first-order chi connectivity index (χ1) is 11.0. The fraction of sp³-hybridized carbons (Fsp3) is 0.938. The van der Waals surface area contributed by atoms with E-state index in [0.717, 1.165) is 19.3 Å². The summed E-state index contributed by atoms with van der Waals surface area (Å²) in [7, 11) is -4.46. The molecule has 0 aromatic heterocycles. The second kappa shape index (κ2) is 15.1. The molecule has 0 heterocycles. The van der Waals surface area contributed by atoms with Gasteiger partial charge in [0, 0.05) is 6.42 Å². The van der Waals surface area contributed by atoms with Gasteiger partial charge >= 0.3 is 13.8 Å². The Morgan fingerprint density at radius 3 is 1.78 bits per heavy atom. The van der Waals surface area contributed by atoms with Crippen LogP contribution in [-0.2, 0) is 18.6 Å². The summed E-state index contributed by atoms with van der Waals surface area (Å²) in [4.78, 5) is 28.3. The van der Waals surface area contributed by atoms with Crippen LogP contribution in [0.1, 0.15) is 84.0 Å². The minimum Gasteiger partial charge on any atom is -0.463 e.